The van der Waals surface area contributed by atoms with E-state index >= 15 is 0 Å². The van der Waals surface area contributed by atoms with Crippen LogP contribution in [0.3, 0.4) is 0 Å². The highest BCUT2D eigenvalue weighted by atomic mass is 32.2. The molecule has 1 saturated carbocycles. The molecule has 0 radical (unpaired) electrons. The quantitative estimate of drug-likeness (QED) is 0.638. The Balaban J connectivity index is 1.34. The number of benzene rings is 1. The Bertz CT molecular complexity index is 1150. The third kappa shape index (κ3) is 3.27. The topological polar surface area (TPSA) is 90.6 Å². The molecule has 0 atom stereocenters. The van der Waals surface area contributed by atoms with Gasteiger partial charge in [-0.3, -0.25) is 4.79 Å². The molecule has 1 aliphatic carbocycles. The van der Waals surface area contributed by atoms with E-state index in [1.807, 2.05) is 38.3 Å². The van der Waals surface area contributed by atoms with Gasteiger partial charge in [-0.15, -0.1) is 5.10 Å². The standard InChI is InChI=1S/C21H23N5O3S/c1-12-15(13(2)26-19(22-12)24-20(25-26)30-3)11-18(27)23-14-6-7-16-17(10-14)29-21(28-16)8-4-5-9-21/h6-7,10H,4-5,8-9,11H2,1-3H3,(H,23,27). The van der Waals surface area contributed by atoms with Gasteiger partial charge in [-0.2, -0.15) is 4.98 Å². The minimum atomic E-state index is -0.506. The van der Waals surface area contributed by atoms with Crippen LogP contribution < -0.4 is 14.8 Å². The highest BCUT2D eigenvalue weighted by molar-refractivity contribution is 7.98. The SMILES string of the molecule is CSc1nc2nc(C)c(CC(=O)Nc3ccc4c(c3)OC3(CCCC3)O4)c(C)n2n1. The van der Waals surface area contributed by atoms with Gasteiger partial charge >= 0.3 is 0 Å². The van der Waals surface area contributed by atoms with E-state index < -0.39 is 5.79 Å². The number of thioether (sulfide) groups is 1. The molecule has 2 aromatic heterocycles. The Morgan fingerprint density at radius 3 is 2.73 bits per heavy atom. The number of rotatable bonds is 4. The van der Waals surface area contributed by atoms with Crippen LogP contribution in [0, 0.1) is 13.8 Å². The molecule has 3 heterocycles. The smallest absolute Gasteiger partial charge is 0.253 e. The molecule has 156 valence electrons. The van der Waals surface area contributed by atoms with E-state index in [9.17, 15) is 4.79 Å². The number of hydrogen-bond donors (Lipinski definition) is 1. The molecule has 9 heteroatoms. The van der Waals surface area contributed by atoms with Crippen molar-refractivity contribution in [3.05, 3.63) is 35.2 Å². The van der Waals surface area contributed by atoms with Gasteiger partial charge in [-0.05, 0) is 45.1 Å². The monoisotopic (exact) mass is 425 g/mol. The Morgan fingerprint density at radius 1 is 1.20 bits per heavy atom. The minimum absolute atomic E-state index is 0.123. The molecule has 1 fully saturated rings. The third-order valence-corrected chi connectivity index (χ3v) is 6.27. The summed E-state index contributed by atoms with van der Waals surface area (Å²) in [6.45, 7) is 3.83. The lowest BCUT2D eigenvalue weighted by molar-refractivity contribution is -0.115. The molecule has 8 nitrogen and oxygen atoms in total. The third-order valence-electron chi connectivity index (χ3n) is 5.73. The van der Waals surface area contributed by atoms with Crippen molar-refractivity contribution in [2.45, 2.75) is 56.9 Å². The summed E-state index contributed by atoms with van der Waals surface area (Å²) >= 11 is 1.46. The number of aromatic nitrogens is 4. The second-order valence-electron chi connectivity index (χ2n) is 7.78. The van der Waals surface area contributed by atoms with Crippen LogP contribution in [-0.4, -0.2) is 37.5 Å². The summed E-state index contributed by atoms with van der Waals surface area (Å²) in [6, 6.07) is 5.54. The number of nitrogens with one attached hydrogen (secondary N) is 1. The van der Waals surface area contributed by atoms with Crippen molar-refractivity contribution in [2.75, 3.05) is 11.6 Å². The summed E-state index contributed by atoms with van der Waals surface area (Å²) in [7, 11) is 0. The molecule has 1 amide bonds. The second kappa shape index (κ2) is 7.16. The van der Waals surface area contributed by atoms with E-state index in [1.165, 1.54) is 11.8 Å². The van der Waals surface area contributed by atoms with Crippen molar-refractivity contribution < 1.29 is 14.3 Å². The summed E-state index contributed by atoms with van der Waals surface area (Å²) in [4.78, 5) is 21.7. The van der Waals surface area contributed by atoms with Crippen molar-refractivity contribution in [3.63, 3.8) is 0 Å². The van der Waals surface area contributed by atoms with Crippen molar-refractivity contribution in [2.24, 2.45) is 0 Å². The Labute approximate surface area is 178 Å². The van der Waals surface area contributed by atoms with Crippen molar-refractivity contribution in [1.29, 1.82) is 0 Å². The van der Waals surface area contributed by atoms with Crippen molar-refractivity contribution in [1.82, 2.24) is 19.6 Å². The van der Waals surface area contributed by atoms with Crippen molar-refractivity contribution >= 4 is 29.1 Å². The van der Waals surface area contributed by atoms with E-state index in [2.05, 4.69) is 20.4 Å². The summed E-state index contributed by atoms with van der Waals surface area (Å²) in [5, 5.41) is 8.07. The molecular weight excluding hydrogens is 402 g/mol. The predicted octanol–water partition coefficient (Wildman–Crippen LogP) is 3.69. The number of fused-ring (bicyclic) bond motifs is 2. The van der Waals surface area contributed by atoms with E-state index in [1.54, 1.807) is 4.52 Å². The van der Waals surface area contributed by atoms with E-state index in [4.69, 9.17) is 9.47 Å². The van der Waals surface area contributed by atoms with Crippen LogP contribution in [0.25, 0.3) is 5.78 Å². The Hall–Kier alpha value is -2.81. The molecule has 0 unspecified atom stereocenters. The van der Waals surface area contributed by atoms with Crippen LogP contribution in [0.1, 0.15) is 42.6 Å². The first-order valence-electron chi connectivity index (χ1n) is 10.1. The number of nitrogens with zero attached hydrogens (tertiary/aromatic N) is 4. The zero-order valence-corrected chi connectivity index (χ0v) is 18.0. The molecule has 5 rings (SSSR count). The summed E-state index contributed by atoms with van der Waals surface area (Å²) in [5.41, 5.74) is 3.19. The maximum absolute atomic E-state index is 12.8. The fourth-order valence-corrected chi connectivity index (χ4v) is 4.52. The fraction of sp³-hybridized carbons (Fsp3) is 0.429. The number of ether oxygens (including phenoxy) is 2. The van der Waals surface area contributed by atoms with E-state index in [-0.39, 0.29) is 12.3 Å². The lowest BCUT2D eigenvalue weighted by atomic mass is 10.1. The van der Waals surface area contributed by atoms with Crippen LogP contribution >= 0.6 is 11.8 Å². The zero-order valence-electron chi connectivity index (χ0n) is 17.2. The van der Waals surface area contributed by atoms with Gasteiger partial charge in [0.05, 0.1) is 6.42 Å². The molecule has 0 bridgehead atoms. The lowest BCUT2D eigenvalue weighted by Crippen LogP contribution is -2.34. The Kier molecular flexibility index (Phi) is 4.57. The molecular formula is C21H23N5O3S. The van der Waals surface area contributed by atoms with Crippen LogP contribution in [-0.2, 0) is 11.2 Å². The number of anilines is 1. The van der Waals surface area contributed by atoms with Crippen molar-refractivity contribution in [3.8, 4) is 11.5 Å². The average Bonchev–Trinajstić information content (AvgIpc) is 3.43. The second-order valence-corrected chi connectivity index (χ2v) is 8.55. The molecule has 2 aliphatic rings. The number of aryl methyl sites for hydroxylation is 2. The number of carbonyl (C=O) groups is 1. The van der Waals surface area contributed by atoms with Gasteiger partial charge in [0.1, 0.15) is 0 Å². The molecule has 0 saturated heterocycles. The van der Waals surface area contributed by atoms with Gasteiger partial charge in [0.2, 0.25) is 11.1 Å². The summed E-state index contributed by atoms with van der Waals surface area (Å²) in [6.07, 6.45) is 6.15. The van der Waals surface area contributed by atoms with E-state index in [0.29, 0.717) is 22.4 Å². The van der Waals surface area contributed by atoms with Gasteiger partial charge in [0.15, 0.2) is 11.5 Å². The predicted molar refractivity (Wildman–Crippen MR) is 113 cm³/mol. The maximum atomic E-state index is 12.8. The lowest BCUT2D eigenvalue weighted by Gasteiger charge is -2.21. The molecule has 1 spiro atoms. The maximum Gasteiger partial charge on any atom is 0.253 e. The Morgan fingerprint density at radius 2 is 1.97 bits per heavy atom. The first kappa shape index (κ1) is 19.2. The van der Waals surface area contributed by atoms with Gasteiger partial charge in [0.25, 0.3) is 11.6 Å². The normalized spacial score (nSPS) is 16.5. The van der Waals surface area contributed by atoms with Crippen LogP contribution in [0.5, 0.6) is 11.5 Å². The van der Waals surface area contributed by atoms with Gasteiger partial charge in [-0.1, -0.05) is 11.8 Å². The number of amides is 1. The number of hydrogen-bond acceptors (Lipinski definition) is 7. The summed E-state index contributed by atoms with van der Waals surface area (Å²) < 4.78 is 13.8. The van der Waals surface area contributed by atoms with E-state index in [0.717, 1.165) is 48.4 Å². The van der Waals surface area contributed by atoms with Gasteiger partial charge in [0, 0.05) is 41.5 Å². The van der Waals surface area contributed by atoms with Gasteiger partial charge < -0.3 is 14.8 Å². The molecule has 1 aromatic carbocycles. The van der Waals surface area contributed by atoms with Crippen LogP contribution in [0.15, 0.2) is 23.4 Å². The van der Waals surface area contributed by atoms with Crippen LogP contribution in [0.2, 0.25) is 0 Å². The zero-order chi connectivity index (χ0) is 20.9. The first-order chi connectivity index (χ1) is 14.5. The molecule has 3 aromatic rings. The molecule has 1 N–H and O–H groups in total. The fourth-order valence-electron chi connectivity index (χ4n) is 4.19. The minimum Gasteiger partial charge on any atom is -0.448 e. The highest BCUT2D eigenvalue weighted by Crippen LogP contribution is 2.47. The largest absolute Gasteiger partial charge is 0.448 e. The average molecular weight is 426 g/mol. The molecule has 30 heavy (non-hydrogen) atoms. The van der Waals surface area contributed by atoms with Crippen LogP contribution in [0.4, 0.5) is 5.69 Å². The highest BCUT2D eigenvalue weighted by Gasteiger charge is 2.44. The van der Waals surface area contributed by atoms with Gasteiger partial charge in [-0.25, -0.2) is 9.50 Å². The molecule has 1 aliphatic heterocycles. The summed E-state index contributed by atoms with van der Waals surface area (Å²) in [5.74, 6) is 1.36. The number of carbonyl (C=O) groups excluding carboxylic acids is 1. The first-order valence-corrected chi connectivity index (χ1v) is 11.3.